The van der Waals surface area contributed by atoms with Crippen LogP contribution in [0, 0.1) is 6.92 Å². The average molecular weight is 286 g/mol. The summed E-state index contributed by atoms with van der Waals surface area (Å²) in [7, 11) is 0. The van der Waals surface area contributed by atoms with Crippen LogP contribution in [0.2, 0.25) is 0 Å². The monoisotopic (exact) mass is 286 g/mol. The minimum Gasteiger partial charge on any atom is -0.477 e. The van der Waals surface area contributed by atoms with Crippen molar-refractivity contribution in [2.45, 2.75) is 32.2 Å². The van der Waals surface area contributed by atoms with Gasteiger partial charge in [-0.25, -0.2) is 14.8 Å². The zero-order valence-electron chi connectivity index (χ0n) is 11.9. The van der Waals surface area contributed by atoms with Crippen LogP contribution in [0.4, 0.5) is 5.82 Å². The van der Waals surface area contributed by atoms with Crippen LogP contribution in [0.15, 0.2) is 24.4 Å². The van der Waals surface area contributed by atoms with E-state index in [2.05, 4.69) is 26.0 Å². The summed E-state index contributed by atoms with van der Waals surface area (Å²) >= 11 is 0. The van der Waals surface area contributed by atoms with Gasteiger partial charge in [0.15, 0.2) is 5.69 Å². The molecule has 2 aromatic rings. The Labute approximate surface area is 122 Å². The fraction of sp³-hybridized carbons (Fsp3) is 0.400. The molecule has 0 aromatic carbocycles. The van der Waals surface area contributed by atoms with Crippen molar-refractivity contribution in [3.63, 3.8) is 0 Å². The Bertz CT molecular complexity index is 665. The summed E-state index contributed by atoms with van der Waals surface area (Å²) in [6.45, 7) is 3.75. The van der Waals surface area contributed by atoms with E-state index in [1.165, 1.54) is 6.07 Å². The van der Waals surface area contributed by atoms with Crippen LogP contribution < -0.4 is 5.32 Å². The highest BCUT2D eigenvalue weighted by molar-refractivity contribution is 5.85. The molecular formula is C15H18N4O2. The standard InChI is InChI=1S/C15H18N4O2/c1-10-9-19-7-3-4-11(14(19)17-10)8-16-13-6-2-5-12(18-13)15(20)21/h2,5-6,9,11H,3-4,7-8H2,1H3,(H,16,18)(H,20,21). The molecule has 1 unspecified atom stereocenters. The van der Waals surface area contributed by atoms with E-state index in [4.69, 9.17) is 5.11 Å². The van der Waals surface area contributed by atoms with Crippen LogP contribution in [-0.4, -0.2) is 32.2 Å². The Morgan fingerprint density at radius 2 is 2.33 bits per heavy atom. The van der Waals surface area contributed by atoms with Crippen molar-refractivity contribution < 1.29 is 9.90 Å². The zero-order chi connectivity index (χ0) is 14.8. The van der Waals surface area contributed by atoms with Gasteiger partial charge in [-0.2, -0.15) is 0 Å². The first-order valence-corrected chi connectivity index (χ1v) is 7.11. The summed E-state index contributed by atoms with van der Waals surface area (Å²) < 4.78 is 2.21. The highest BCUT2D eigenvalue weighted by Crippen LogP contribution is 2.26. The molecule has 0 saturated heterocycles. The molecule has 3 heterocycles. The van der Waals surface area contributed by atoms with Crippen molar-refractivity contribution in [3.05, 3.63) is 41.6 Å². The third-order valence-corrected chi connectivity index (χ3v) is 3.74. The highest BCUT2D eigenvalue weighted by Gasteiger charge is 2.22. The molecule has 0 saturated carbocycles. The van der Waals surface area contributed by atoms with Crippen molar-refractivity contribution in [3.8, 4) is 0 Å². The number of hydrogen-bond acceptors (Lipinski definition) is 4. The number of hydrogen-bond donors (Lipinski definition) is 2. The van der Waals surface area contributed by atoms with Gasteiger partial charge in [-0.15, -0.1) is 0 Å². The maximum Gasteiger partial charge on any atom is 0.354 e. The number of carboxylic acid groups (broad SMARTS) is 1. The van der Waals surface area contributed by atoms with Crippen molar-refractivity contribution in [2.75, 3.05) is 11.9 Å². The second-order valence-electron chi connectivity index (χ2n) is 5.37. The highest BCUT2D eigenvalue weighted by atomic mass is 16.4. The smallest absolute Gasteiger partial charge is 0.354 e. The van der Waals surface area contributed by atoms with E-state index in [1.807, 2.05) is 6.92 Å². The Balaban J connectivity index is 1.71. The van der Waals surface area contributed by atoms with Crippen LogP contribution in [0.5, 0.6) is 0 Å². The fourth-order valence-corrected chi connectivity index (χ4v) is 2.78. The van der Waals surface area contributed by atoms with E-state index >= 15 is 0 Å². The van der Waals surface area contributed by atoms with Crippen LogP contribution in [0.3, 0.4) is 0 Å². The lowest BCUT2D eigenvalue weighted by atomic mass is 9.99. The van der Waals surface area contributed by atoms with Gasteiger partial charge in [-0.3, -0.25) is 0 Å². The lowest BCUT2D eigenvalue weighted by molar-refractivity contribution is 0.0690. The number of aromatic nitrogens is 3. The number of nitrogens with one attached hydrogen (secondary N) is 1. The van der Waals surface area contributed by atoms with E-state index in [1.54, 1.807) is 12.1 Å². The maximum absolute atomic E-state index is 10.9. The number of pyridine rings is 1. The lowest BCUT2D eigenvalue weighted by Crippen LogP contribution is -2.22. The third kappa shape index (κ3) is 2.89. The van der Waals surface area contributed by atoms with Gasteiger partial charge in [-0.05, 0) is 31.9 Å². The van der Waals surface area contributed by atoms with Gasteiger partial charge in [0.2, 0.25) is 0 Å². The number of carbonyl (C=O) groups is 1. The van der Waals surface area contributed by atoms with Gasteiger partial charge >= 0.3 is 5.97 Å². The molecule has 1 aliphatic heterocycles. The molecule has 110 valence electrons. The molecule has 1 atom stereocenters. The summed E-state index contributed by atoms with van der Waals surface area (Å²) in [4.78, 5) is 19.6. The van der Waals surface area contributed by atoms with E-state index in [9.17, 15) is 4.79 Å². The number of fused-ring (bicyclic) bond motifs is 1. The number of aromatic carboxylic acids is 1. The number of anilines is 1. The van der Waals surface area contributed by atoms with Crippen LogP contribution >= 0.6 is 0 Å². The lowest BCUT2D eigenvalue weighted by Gasteiger charge is -2.23. The quantitative estimate of drug-likeness (QED) is 0.901. The van der Waals surface area contributed by atoms with Crippen LogP contribution in [0.25, 0.3) is 0 Å². The minimum atomic E-state index is -1.01. The molecule has 2 aromatic heterocycles. The Kier molecular flexibility index (Phi) is 3.60. The molecule has 0 amide bonds. The molecular weight excluding hydrogens is 268 g/mol. The molecule has 6 nitrogen and oxygen atoms in total. The Morgan fingerprint density at radius 3 is 3.14 bits per heavy atom. The molecule has 6 heteroatoms. The third-order valence-electron chi connectivity index (χ3n) is 3.74. The number of aryl methyl sites for hydroxylation is 2. The molecule has 0 fully saturated rings. The summed E-state index contributed by atoms with van der Waals surface area (Å²) in [5.74, 6) is 1.03. The van der Waals surface area contributed by atoms with Gasteiger partial charge in [0.05, 0.1) is 5.69 Å². The largest absolute Gasteiger partial charge is 0.477 e. The van der Waals surface area contributed by atoms with E-state index in [-0.39, 0.29) is 5.69 Å². The molecule has 0 aliphatic carbocycles. The number of nitrogens with zero attached hydrogens (tertiary/aromatic N) is 3. The Morgan fingerprint density at radius 1 is 1.48 bits per heavy atom. The maximum atomic E-state index is 10.9. The van der Waals surface area contributed by atoms with Crippen molar-refractivity contribution in [1.29, 1.82) is 0 Å². The first-order valence-electron chi connectivity index (χ1n) is 7.11. The van der Waals surface area contributed by atoms with Gasteiger partial charge < -0.3 is 15.0 Å². The predicted molar refractivity (Wildman–Crippen MR) is 78.6 cm³/mol. The number of rotatable bonds is 4. The molecule has 3 rings (SSSR count). The zero-order valence-corrected chi connectivity index (χ0v) is 11.9. The number of carboxylic acids is 1. The van der Waals surface area contributed by atoms with Gasteiger partial charge in [0.1, 0.15) is 11.6 Å². The second kappa shape index (κ2) is 5.55. The summed E-state index contributed by atoms with van der Waals surface area (Å²) in [5.41, 5.74) is 1.10. The summed E-state index contributed by atoms with van der Waals surface area (Å²) in [6, 6.07) is 4.97. The van der Waals surface area contributed by atoms with Gasteiger partial charge in [0.25, 0.3) is 0 Å². The molecule has 21 heavy (non-hydrogen) atoms. The summed E-state index contributed by atoms with van der Waals surface area (Å²) in [5, 5.41) is 12.2. The van der Waals surface area contributed by atoms with E-state index < -0.39 is 5.97 Å². The molecule has 0 bridgehead atoms. The minimum absolute atomic E-state index is 0.0565. The van der Waals surface area contributed by atoms with Crippen molar-refractivity contribution >= 4 is 11.8 Å². The van der Waals surface area contributed by atoms with Crippen LogP contribution in [-0.2, 0) is 6.54 Å². The average Bonchev–Trinajstić information content (AvgIpc) is 2.86. The SMILES string of the molecule is Cc1cn2c(n1)C(CNc1cccc(C(=O)O)n1)CCC2. The molecule has 0 spiro atoms. The van der Waals surface area contributed by atoms with E-state index in [0.29, 0.717) is 18.3 Å². The molecule has 1 aliphatic rings. The molecule has 2 N–H and O–H groups in total. The normalized spacial score (nSPS) is 17.3. The van der Waals surface area contributed by atoms with Gasteiger partial charge in [-0.1, -0.05) is 6.07 Å². The fourth-order valence-electron chi connectivity index (χ4n) is 2.78. The van der Waals surface area contributed by atoms with Crippen LogP contribution in [0.1, 0.15) is 40.8 Å². The predicted octanol–water partition coefficient (Wildman–Crippen LogP) is 2.27. The molecule has 0 radical (unpaired) electrons. The van der Waals surface area contributed by atoms with Crippen molar-refractivity contribution in [2.24, 2.45) is 0 Å². The number of imidazole rings is 1. The second-order valence-corrected chi connectivity index (χ2v) is 5.37. The summed E-state index contributed by atoms with van der Waals surface area (Å²) in [6.07, 6.45) is 4.31. The van der Waals surface area contributed by atoms with Crippen molar-refractivity contribution in [1.82, 2.24) is 14.5 Å². The topological polar surface area (TPSA) is 80.0 Å². The van der Waals surface area contributed by atoms with E-state index in [0.717, 1.165) is 30.9 Å². The Hall–Kier alpha value is -2.37. The van der Waals surface area contributed by atoms with Gasteiger partial charge in [0, 0.05) is 25.2 Å². The first-order chi connectivity index (χ1) is 10.1. The first kappa shape index (κ1) is 13.6.